The molecule has 0 fully saturated rings. The summed E-state index contributed by atoms with van der Waals surface area (Å²) in [5, 5.41) is 17.7. The number of carbonyl (C=O) groups is 1. The Labute approximate surface area is 189 Å². The van der Waals surface area contributed by atoms with Gasteiger partial charge in [-0.3, -0.25) is 4.79 Å². The number of nitrogens with zero attached hydrogens (tertiary/aromatic N) is 4. The van der Waals surface area contributed by atoms with Crippen molar-refractivity contribution in [2.45, 2.75) is 18.1 Å². The highest BCUT2D eigenvalue weighted by molar-refractivity contribution is 7.99. The van der Waals surface area contributed by atoms with Crippen LogP contribution in [0.3, 0.4) is 0 Å². The second-order valence-electron chi connectivity index (χ2n) is 7.10. The highest BCUT2D eigenvalue weighted by Gasteiger charge is 2.17. The third-order valence-electron chi connectivity index (χ3n) is 5.04. The third kappa shape index (κ3) is 4.67. The van der Waals surface area contributed by atoms with Gasteiger partial charge in [0, 0.05) is 6.07 Å². The largest absolute Gasteiger partial charge is 0.497 e. The molecule has 164 valence electrons. The van der Waals surface area contributed by atoms with Crippen LogP contribution in [-0.4, -0.2) is 46.1 Å². The number of carbonyl (C=O) groups excluding carboxylic acids is 1. The maximum Gasteiger partial charge on any atom is 0.230 e. The van der Waals surface area contributed by atoms with Crippen molar-refractivity contribution in [2.24, 2.45) is 0 Å². The molecule has 8 nitrogen and oxygen atoms in total. The number of ether oxygens (including phenoxy) is 2. The van der Waals surface area contributed by atoms with Gasteiger partial charge in [0.05, 0.1) is 26.0 Å². The molecule has 0 bridgehead atoms. The van der Waals surface area contributed by atoms with Crippen LogP contribution in [0.15, 0.2) is 65.8 Å². The Morgan fingerprint density at radius 2 is 1.88 bits per heavy atom. The van der Waals surface area contributed by atoms with E-state index in [2.05, 4.69) is 45.1 Å². The molecule has 9 heteroatoms. The summed E-state index contributed by atoms with van der Waals surface area (Å²) in [5.41, 5.74) is 1.68. The Morgan fingerprint density at radius 3 is 2.66 bits per heavy atom. The molecule has 0 aliphatic heterocycles. The molecule has 32 heavy (non-hydrogen) atoms. The van der Waals surface area contributed by atoms with Crippen molar-refractivity contribution >= 4 is 28.4 Å². The third-order valence-corrected chi connectivity index (χ3v) is 5.96. The molecule has 0 saturated carbocycles. The number of nitrogens with one attached hydrogen (secondary N) is 1. The number of rotatable bonds is 8. The van der Waals surface area contributed by atoms with Gasteiger partial charge in [0.25, 0.3) is 0 Å². The Bertz CT molecular complexity index is 1240. The molecule has 0 saturated heterocycles. The summed E-state index contributed by atoms with van der Waals surface area (Å²) in [6.45, 7) is 1.97. The van der Waals surface area contributed by atoms with E-state index in [9.17, 15) is 4.79 Å². The topological polar surface area (TPSA) is 91.2 Å². The summed E-state index contributed by atoms with van der Waals surface area (Å²) >= 11 is 1.25. The van der Waals surface area contributed by atoms with Crippen molar-refractivity contribution in [3.05, 3.63) is 66.2 Å². The molecule has 1 N–H and O–H groups in total. The van der Waals surface area contributed by atoms with Crippen molar-refractivity contribution in [1.29, 1.82) is 0 Å². The van der Waals surface area contributed by atoms with Gasteiger partial charge >= 0.3 is 0 Å². The Kier molecular flexibility index (Phi) is 6.55. The van der Waals surface area contributed by atoms with E-state index in [1.807, 2.05) is 25.1 Å². The summed E-state index contributed by atoms with van der Waals surface area (Å²) in [5.74, 6) is 1.30. The molecular weight excluding hydrogens is 426 g/mol. The van der Waals surface area contributed by atoms with Crippen molar-refractivity contribution in [3.63, 3.8) is 0 Å². The number of methoxy groups -OCH3 is 2. The minimum absolute atomic E-state index is 0.109. The smallest absolute Gasteiger partial charge is 0.230 e. The lowest BCUT2D eigenvalue weighted by Crippen LogP contribution is -2.28. The number of fused-ring (bicyclic) bond motifs is 1. The fraction of sp³-hybridized carbons (Fsp3) is 0.217. The second-order valence-corrected chi connectivity index (χ2v) is 8.04. The molecule has 0 spiro atoms. The average molecular weight is 450 g/mol. The first kappa shape index (κ1) is 21.6. The van der Waals surface area contributed by atoms with E-state index in [1.165, 1.54) is 21.8 Å². The lowest BCUT2D eigenvalue weighted by atomic mass is 10.0. The zero-order valence-corrected chi connectivity index (χ0v) is 18.8. The molecule has 4 rings (SSSR count). The van der Waals surface area contributed by atoms with E-state index in [-0.39, 0.29) is 17.7 Å². The van der Waals surface area contributed by atoms with Crippen LogP contribution in [0, 0.1) is 0 Å². The van der Waals surface area contributed by atoms with E-state index in [0.717, 1.165) is 10.9 Å². The van der Waals surface area contributed by atoms with E-state index in [0.29, 0.717) is 22.3 Å². The van der Waals surface area contributed by atoms with Crippen molar-refractivity contribution < 1.29 is 14.3 Å². The first-order valence-electron chi connectivity index (χ1n) is 10.0. The number of hydrogen-bond donors (Lipinski definition) is 1. The van der Waals surface area contributed by atoms with Crippen molar-refractivity contribution in [2.75, 3.05) is 20.0 Å². The number of tetrazole rings is 1. The predicted octanol–water partition coefficient (Wildman–Crippen LogP) is 3.80. The Hall–Kier alpha value is -3.59. The summed E-state index contributed by atoms with van der Waals surface area (Å²) in [6.07, 6.45) is 0. The summed E-state index contributed by atoms with van der Waals surface area (Å²) in [6, 6.07) is 19.6. The van der Waals surface area contributed by atoms with Crippen molar-refractivity contribution in [3.8, 4) is 17.2 Å². The van der Waals surface area contributed by atoms with Crippen LogP contribution in [0.4, 0.5) is 0 Å². The van der Waals surface area contributed by atoms with Crippen LogP contribution < -0.4 is 14.8 Å². The number of thioether (sulfide) groups is 1. The normalized spacial score (nSPS) is 11.8. The second kappa shape index (κ2) is 9.69. The van der Waals surface area contributed by atoms with E-state index < -0.39 is 0 Å². The molecule has 1 aromatic heterocycles. The number of hydrogen-bond acceptors (Lipinski definition) is 7. The van der Waals surface area contributed by atoms with Gasteiger partial charge in [-0.25, -0.2) is 0 Å². The Morgan fingerprint density at radius 1 is 1.06 bits per heavy atom. The van der Waals surface area contributed by atoms with Gasteiger partial charge in [0.15, 0.2) is 0 Å². The lowest BCUT2D eigenvalue weighted by Gasteiger charge is -2.15. The SMILES string of the molecule is COc1ccc(OC)c(-n2nnnc2SCC(=O)NC(C)c2ccc3ccccc3c2)c1. The molecular formula is C23H23N5O3S. The monoisotopic (exact) mass is 449 g/mol. The minimum atomic E-state index is -0.123. The highest BCUT2D eigenvalue weighted by Crippen LogP contribution is 2.29. The van der Waals surface area contributed by atoms with E-state index >= 15 is 0 Å². The summed E-state index contributed by atoms with van der Waals surface area (Å²) in [4.78, 5) is 12.6. The molecule has 1 atom stereocenters. The predicted molar refractivity (Wildman–Crippen MR) is 123 cm³/mol. The lowest BCUT2D eigenvalue weighted by molar-refractivity contribution is -0.119. The van der Waals surface area contributed by atoms with E-state index in [4.69, 9.17) is 9.47 Å². The molecule has 0 radical (unpaired) electrons. The van der Waals surface area contributed by atoms with E-state index in [1.54, 1.807) is 32.4 Å². The maximum atomic E-state index is 12.6. The van der Waals surface area contributed by atoms with Crippen LogP contribution in [-0.2, 0) is 4.79 Å². The zero-order valence-electron chi connectivity index (χ0n) is 18.0. The molecule has 1 heterocycles. The fourth-order valence-corrected chi connectivity index (χ4v) is 4.05. The van der Waals surface area contributed by atoms with Crippen LogP contribution >= 0.6 is 11.8 Å². The van der Waals surface area contributed by atoms with Crippen LogP contribution in [0.1, 0.15) is 18.5 Å². The van der Waals surface area contributed by atoms with Gasteiger partial charge in [-0.05, 0) is 51.9 Å². The Balaban J connectivity index is 1.43. The van der Waals surface area contributed by atoms with Crippen molar-refractivity contribution in [1.82, 2.24) is 25.5 Å². The summed E-state index contributed by atoms with van der Waals surface area (Å²) in [7, 11) is 3.16. The van der Waals surface area contributed by atoms with Crippen LogP contribution in [0.5, 0.6) is 11.5 Å². The van der Waals surface area contributed by atoms with Crippen LogP contribution in [0.25, 0.3) is 16.5 Å². The first-order valence-corrected chi connectivity index (χ1v) is 11.0. The van der Waals surface area contributed by atoms with Gasteiger partial charge in [0.1, 0.15) is 17.2 Å². The van der Waals surface area contributed by atoms with Crippen LogP contribution in [0.2, 0.25) is 0 Å². The first-order chi connectivity index (χ1) is 15.6. The highest BCUT2D eigenvalue weighted by atomic mass is 32.2. The quantitative estimate of drug-likeness (QED) is 0.409. The maximum absolute atomic E-state index is 12.6. The zero-order chi connectivity index (χ0) is 22.5. The molecule has 1 unspecified atom stereocenters. The molecule has 3 aromatic carbocycles. The van der Waals surface area contributed by atoms with Gasteiger partial charge in [0.2, 0.25) is 11.1 Å². The van der Waals surface area contributed by atoms with Gasteiger partial charge in [-0.15, -0.1) is 5.10 Å². The van der Waals surface area contributed by atoms with Gasteiger partial charge in [-0.1, -0.05) is 48.2 Å². The van der Waals surface area contributed by atoms with Gasteiger partial charge in [-0.2, -0.15) is 4.68 Å². The summed E-state index contributed by atoms with van der Waals surface area (Å²) < 4.78 is 12.2. The number of amides is 1. The fourth-order valence-electron chi connectivity index (χ4n) is 3.36. The molecule has 0 aliphatic rings. The molecule has 1 amide bonds. The average Bonchev–Trinajstić information content (AvgIpc) is 3.30. The minimum Gasteiger partial charge on any atom is -0.497 e. The standard InChI is InChI=1S/C23H23N5O3S/c1-15(17-9-8-16-6-4-5-7-18(16)12-17)24-22(29)14-32-23-25-26-27-28(23)20-13-19(30-2)10-11-21(20)31-3/h4-13,15H,14H2,1-3H3,(H,24,29). The molecule has 0 aliphatic carbocycles. The molecule has 4 aromatic rings. The van der Waals surface area contributed by atoms with Gasteiger partial charge < -0.3 is 14.8 Å². The number of aromatic nitrogens is 4. The number of benzene rings is 3.